The van der Waals surface area contributed by atoms with E-state index in [1.807, 2.05) is 0 Å². The van der Waals surface area contributed by atoms with Crippen molar-refractivity contribution in [2.75, 3.05) is 6.61 Å². The molecule has 78 valence electrons. The van der Waals surface area contributed by atoms with Crippen LogP contribution in [0.2, 0.25) is 5.02 Å². The maximum Gasteiger partial charge on any atom is 0.261 e. The molecule has 1 aromatic carbocycles. The van der Waals surface area contributed by atoms with Crippen LogP contribution in [0, 0.1) is 0 Å². The monoisotopic (exact) mass is 224 g/mol. The third kappa shape index (κ3) is 1.86. The van der Waals surface area contributed by atoms with Crippen molar-refractivity contribution in [1.82, 2.24) is 9.55 Å². The standard InChI is InChI=1S/C10H9ClN2O2/c11-7-1-2-8-9(5-7)12-6-13(3-4-14)10(8)15/h1-2,5-6,14H,3-4H2. The Kier molecular flexibility index (Phi) is 2.70. The Morgan fingerprint density at radius 3 is 3.00 bits per heavy atom. The van der Waals surface area contributed by atoms with Gasteiger partial charge in [0.15, 0.2) is 0 Å². The molecule has 0 aliphatic heterocycles. The lowest BCUT2D eigenvalue weighted by Crippen LogP contribution is -2.21. The lowest BCUT2D eigenvalue weighted by molar-refractivity contribution is 0.274. The number of fused-ring (bicyclic) bond motifs is 1. The van der Waals surface area contributed by atoms with Gasteiger partial charge in [-0.05, 0) is 18.2 Å². The molecular weight excluding hydrogens is 216 g/mol. The number of hydrogen-bond donors (Lipinski definition) is 1. The molecule has 0 aliphatic rings. The number of aliphatic hydroxyl groups is 1. The van der Waals surface area contributed by atoms with E-state index in [4.69, 9.17) is 16.7 Å². The van der Waals surface area contributed by atoms with Crippen LogP contribution in [0.25, 0.3) is 10.9 Å². The van der Waals surface area contributed by atoms with Crippen molar-refractivity contribution in [1.29, 1.82) is 0 Å². The van der Waals surface area contributed by atoms with Crippen LogP contribution in [0.5, 0.6) is 0 Å². The fraction of sp³-hybridized carbons (Fsp3) is 0.200. The first kappa shape index (κ1) is 10.1. The van der Waals surface area contributed by atoms with Crippen molar-refractivity contribution >= 4 is 22.5 Å². The highest BCUT2D eigenvalue weighted by atomic mass is 35.5. The Bertz CT molecular complexity index is 551. The molecule has 0 saturated carbocycles. The lowest BCUT2D eigenvalue weighted by Gasteiger charge is -2.04. The Balaban J connectivity index is 2.69. The SMILES string of the molecule is O=c1c2ccc(Cl)cc2ncn1CCO. The molecule has 0 fully saturated rings. The van der Waals surface area contributed by atoms with E-state index in [1.165, 1.54) is 10.9 Å². The highest BCUT2D eigenvalue weighted by Gasteiger charge is 2.03. The third-order valence-corrected chi connectivity index (χ3v) is 2.36. The predicted octanol–water partition coefficient (Wildman–Crippen LogP) is 1.04. The van der Waals surface area contributed by atoms with Crippen molar-refractivity contribution in [3.8, 4) is 0 Å². The summed E-state index contributed by atoms with van der Waals surface area (Å²) < 4.78 is 1.37. The van der Waals surface area contributed by atoms with Gasteiger partial charge in [-0.2, -0.15) is 0 Å². The fourth-order valence-corrected chi connectivity index (χ4v) is 1.56. The first-order valence-corrected chi connectivity index (χ1v) is 4.86. The number of rotatable bonds is 2. The summed E-state index contributed by atoms with van der Waals surface area (Å²) in [5.41, 5.74) is 0.410. The van der Waals surface area contributed by atoms with Crippen molar-refractivity contribution in [3.63, 3.8) is 0 Å². The number of aromatic nitrogens is 2. The number of halogens is 1. The summed E-state index contributed by atoms with van der Waals surface area (Å²) >= 11 is 5.78. The maximum atomic E-state index is 11.8. The molecule has 1 heterocycles. The molecular formula is C10H9ClN2O2. The molecule has 15 heavy (non-hydrogen) atoms. The number of hydrogen-bond acceptors (Lipinski definition) is 3. The smallest absolute Gasteiger partial charge is 0.261 e. The topological polar surface area (TPSA) is 55.1 Å². The normalized spacial score (nSPS) is 10.8. The second-order valence-corrected chi connectivity index (χ2v) is 3.56. The summed E-state index contributed by atoms with van der Waals surface area (Å²) in [4.78, 5) is 15.9. The van der Waals surface area contributed by atoms with Gasteiger partial charge in [-0.1, -0.05) is 11.6 Å². The van der Waals surface area contributed by atoms with Crippen molar-refractivity contribution in [2.24, 2.45) is 0 Å². The summed E-state index contributed by atoms with van der Waals surface area (Å²) in [6, 6.07) is 4.93. The van der Waals surface area contributed by atoms with Gasteiger partial charge in [0.2, 0.25) is 0 Å². The Hall–Kier alpha value is -1.39. The van der Waals surface area contributed by atoms with Gasteiger partial charge >= 0.3 is 0 Å². The van der Waals surface area contributed by atoms with E-state index in [0.717, 1.165) is 0 Å². The van der Waals surface area contributed by atoms with Gasteiger partial charge in [0, 0.05) is 5.02 Å². The van der Waals surface area contributed by atoms with E-state index in [1.54, 1.807) is 18.2 Å². The molecule has 0 atom stereocenters. The van der Waals surface area contributed by atoms with E-state index in [-0.39, 0.29) is 18.7 Å². The van der Waals surface area contributed by atoms with Crippen LogP contribution in [0.1, 0.15) is 0 Å². The van der Waals surface area contributed by atoms with Gasteiger partial charge in [0.25, 0.3) is 5.56 Å². The van der Waals surface area contributed by atoms with E-state index in [2.05, 4.69) is 4.98 Å². The van der Waals surface area contributed by atoms with E-state index in [9.17, 15) is 4.79 Å². The number of benzene rings is 1. The molecule has 0 spiro atoms. The predicted molar refractivity (Wildman–Crippen MR) is 58.1 cm³/mol. The molecule has 0 radical (unpaired) electrons. The van der Waals surface area contributed by atoms with E-state index in [0.29, 0.717) is 15.9 Å². The first-order valence-electron chi connectivity index (χ1n) is 4.48. The molecule has 4 nitrogen and oxygen atoms in total. The minimum Gasteiger partial charge on any atom is -0.395 e. The highest BCUT2D eigenvalue weighted by molar-refractivity contribution is 6.31. The van der Waals surface area contributed by atoms with Crippen LogP contribution in [-0.4, -0.2) is 21.3 Å². The minimum absolute atomic E-state index is 0.0827. The summed E-state index contributed by atoms with van der Waals surface area (Å²) in [5, 5.41) is 9.81. The summed E-state index contributed by atoms with van der Waals surface area (Å²) in [6.45, 7) is 0.172. The van der Waals surface area contributed by atoms with Crippen LogP contribution in [0.4, 0.5) is 0 Å². The Morgan fingerprint density at radius 1 is 1.47 bits per heavy atom. The van der Waals surface area contributed by atoms with E-state index >= 15 is 0 Å². The largest absolute Gasteiger partial charge is 0.395 e. The Labute approximate surface area is 90.8 Å². The highest BCUT2D eigenvalue weighted by Crippen LogP contribution is 2.13. The zero-order chi connectivity index (χ0) is 10.8. The maximum absolute atomic E-state index is 11.8. The first-order chi connectivity index (χ1) is 7.22. The molecule has 1 aromatic heterocycles. The molecule has 0 aliphatic carbocycles. The van der Waals surface area contributed by atoms with Gasteiger partial charge < -0.3 is 5.11 Å². The van der Waals surface area contributed by atoms with Crippen LogP contribution in [0.15, 0.2) is 29.3 Å². The van der Waals surface area contributed by atoms with Crippen LogP contribution < -0.4 is 5.56 Å². The summed E-state index contributed by atoms with van der Waals surface area (Å²) in [7, 11) is 0. The molecule has 0 amide bonds. The van der Waals surface area contributed by atoms with Crippen molar-refractivity contribution in [3.05, 3.63) is 39.9 Å². The zero-order valence-electron chi connectivity index (χ0n) is 7.85. The average Bonchev–Trinajstić information content (AvgIpc) is 2.22. The van der Waals surface area contributed by atoms with Crippen molar-refractivity contribution < 1.29 is 5.11 Å². The molecule has 5 heteroatoms. The molecule has 0 unspecified atom stereocenters. The zero-order valence-corrected chi connectivity index (χ0v) is 8.61. The van der Waals surface area contributed by atoms with Gasteiger partial charge in [-0.25, -0.2) is 4.98 Å². The second-order valence-electron chi connectivity index (χ2n) is 3.13. The van der Waals surface area contributed by atoms with Gasteiger partial charge in [-0.3, -0.25) is 9.36 Å². The molecule has 0 bridgehead atoms. The lowest BCUT2D eigenvalue weighted by atomic mass is 10.2. The van der Waals surface area contributed by atoms with Crippen molar-refractivity contribution in [2.45, 2.75) is 6.54 Å². The third-order valence-electron chi connectivity index (χ3n) is 2.13. The average molecular weight is 225 g/mol. The number of aliphatic hydroxyl groups excluding tert-OH is 1. The van der Waals surface area contributed by atoms with Crippen LogP contribution >= 0.6 is 11.6 Å². The van der Waals surface area contributed by atoms with Crippen LogP contribution in [-0.2, 0) is 6.54 Å². The molecule has 2 rings (SSSR count). The summed E-state index contributed by atoms with van der Waals surface area (Å²) in [5.74, 6) is 0. The van der Waals surface area contributed by atoms with Gasteiger partial charge in [0.05, 0.1) is 30.4 Å². The quantitative estimate of drug-likeness (QED) is 0.830. The molecule has 1 N–H and O–H groups in total. The van der Waals surface area contributed by atoms with Gasteiger partial charge in [-0.15, -0.1) is 0 Å². The second kappa shape index (κ2) is 4.00. The van der Waals surface area contributed by atoms with Gasteiger partial charge in [0.1, 0.15) is 0 Å². The summed E-state index contributed by atoms with van der Waals surface area (Å²) in [6.07, 6.45) is 1.41. The van der Waals surface area contributed by atoms with Crippen LogP contribution in [0.3, 0.4) is 0 Å². The minimum atomic E-state index is -0.161. The molecule has 2 aromatic rings. The fourth-order valence-electron chi connectivity index (χ4n) is 1.40. The number of nitrogens with zero attached hydrogens (tertiary/aromatic N) is 2. The Morgan fingerprint density at radius 2 is 2.27 bits per heavy atom. The molecule has 0 saturated heterocycles. The van der Waals surface area contributed by atoms with E-state index < -0.39 is 0 Å².